The highest BCUT2D eigenvalue weighted by molar-refractivity contribution is 5.87. The summed E-state index contributed by atoms with van der Waals surface area (Å²) >= 11 is 0. The zero-order chi connectivity index (χ0) is 21.3. The van der Waals surface area contributed by atoms with Crippen LogP contribution in [-0.2, 0) is 6.42 Å². The van der Waals surface area contributed by atoms with Gasteiger partial charge in [0.1, 0.15) is 5.82 Å². The number of primary amides is 1. The molecule has 3 N–H and O–H groups in total. The molecule has 154 valence electrons. The molecule has 0 spiro atoms. The highest BCUT2D eigenvalue weighted by Gasteiger charge is 1.95. The molecule has 2 amide bonds. The van der Waals surface area contributed by atoms with Gasteiger partial charge in [-0.3, -0.25) is 4.98 Å². The van der Waals surface area contributed by atoms with Gasteiger partial charge in [-0.25, -0.2) is 9.18 Å². The SMILES string of the molecule is CCCCCc1ccccc1C.Fc1ccccc1.NC(=O)Nc1ccncc1. The van der Waals surface area contributed by atoms with Crippen molar-refractivity contribution in [2.45, 2.75) is 39.5 Å². The molecule has 0 unspecified atom stereocenters. The number of aromatic nitrogens is 1. The summed E-state index contributed by atoms with van der Waals surface area (Å²) in [6, 6.07) is 19.4. The molecule has 0 fully saturated rings. The summed E-state index contributed by atoms with van der Waals surface area (Å²) in [5, 5.41) is 2.40. The van der Waals surface area contributed by atoms with Crippen molar-refractivity contribution >= 4 is 11.7 Å². The van der Waals surface area contributed by atoms with Crippen LogP contribution in [0.15, 0.2) is 79.1 Å². The van der Waals surface area contributed by atoms with Gasteiger partial charge in [0.2, 0.25) is 0 Å². The monoisotopic (exact) mass is 395 g/mol. The number of nitrogens with one attached hydrogen (secondary N) is 1. The summed E-state index contributed by atoms with van der Waals surface area (Å²) in [4.78, 5) is 14.0. The molecular weight excluding hydrogens is 365 g/mol. The van der Waals surface area contributed by atoms with Gasteiger partial charge in [-0.15, -0.1) is 0 Å². The molecule has 3 aromatic rings. The number of hydrogen-bond donors (Lipinski definition) is 2. The van der Waals surface area contributed by atoms with E-state index >= 15 is 0 Å². The third kappa shape index (κ3) is 12.0. The largest absolute Gasteiger partial charge is 0.351 e. The molecule has 5 heteroatoms. The lowest BCUT2D eigenvalue weighted by atomic mass is 10.0. The molecule has 1 aromatic heterocycles. The second kappa shape index (κ2) is 14.8. The number of anilines is 1. The second-order valence-electron chi connectivity index (χ2n) is 6.40. The van der Waals surface area contributed by atoms with Crippen molar-refractivity contribution in [2.24, 2.45) is 5.73 Å². The van der Waals surface area contributed by atoms with Gasteiger partial charge in [-0.2, -0.15) is 0 Å². The first kappa shape index (κ1) is 23.8. The van der Waals surface area contributed by atoms with Gasteiger partial charge in [0.05, 0.1) is 0 Å². The van der Waals surface area contributed by atoms with E-state index in [1.807, 2.05) is 0 Å². The van der Waals surface area contributed by atoms with E-state index in [0.717, 1.165) is 0 Å². The highest BCUT2D eigenvalue weighted by Crippen LogP contribution is 2.11. The Morgan fingerprint density at radius 3 is 2.10 bits per heavy atom. The van der Waals surface area contributed by atoms with Crippen molar-refractivity contribution in [3.8, 4) is 0 Å². The molecule has 0 aliphatic heterocycles. The zero-order valence-electron chi connectivity index (χ0n) is 17.1. The van der Waals surface area contributed by atoms with Gasteiger partial charge in [-0.05, 0) is 55.2 Å². The molecule has 0 aliphatic rings. The molecule has 0 radical (unpaired) electrons. The molecule has 0 atom stereocenters. The van der Waals surface area contributed by atoms with Crippen LogP contribution in [-0.4, -0.2) is 11.0 Å². The number of hydrogen-bond acceptors (Lipinski definition) is 2. The maximum atomic E-state index is 11.9. The van der Waals surface area contributed by atoms with Gasteiger partial charge >= 0.3 is 6.03 Å². The Morgan fingerprint density at radius 1 is 0.966 bits per heavy atom. The minimum Gasteiger partial charge on any atom is -0.351 e. The summed E-state index contributed by atoms with van der Waals surface area (Å²) in [5.41, 5.74) is 8.47. The van der Waals surface area contributed by atoms with E-state index in [-0.39, 0.29) is 5.82 Å². The number of pyridine rings is 1. The van der Waals surface area contributed by atoms with E-state index in [1.165, 1.54) is 48.9 Å². The lowest BCUT2D eigenvalue weighted by molar-refractivity contribution is 0.259. The van der Waals surface area contributed by atoms with Crippen molar-refractivity contribution in [1.29, 1.82) is 0 Å². The molecule has 3 rings (SSSR count). The van der Waals surface area contributed by atoms with Gasteiger partial charge in [0, 0.05) is 18.1 Å². The smallest absolute Gasteiger partial charge is 0.316 e. The van der Waals surface area contributed by atoms with Gasteiger partial charge in [0.15, 0.2) is 0 Å². The molecule has 0 saturated heterocycles. The number of halogens is 1. The fourth-order valence-electron chi connectivity index (χ4n) is 2.45. The molecule has 4 nitrogen and oxygen atoms in total. The third-order valence-corrected chi connectivity index (χ3v) is 3.99. The van der Waals surface area contributed by atoms with E-state index in [2.05, 4.69) is 48.4 Å². The number of carbonyl (C=O) groups excluding carboxylic acids is 1. The summed E-state index contributed by atoms with van der Waals surface area (Å²) in [6.07, 6.45) is 8.40. The second-order valence-corrected chi connectivity index (χ2v) is 6.40. The van der Waals surface area contributed by atoms with Gasteiger partial charge in [0.25, 0.3) is 0 Å². The number of rotatable bonds is 5. The Balaban J connectivity index is 0.000000225. The standard InChI is InChI=1S/C12H18.C6H5F.C6H7N3O/c1-3-4-5-9-12-10-7-6-8-11(12)2;7-6-4-2-1-3-5-6;7-6(10)9-5-1-3-8-4-2-5/h6-8,10H,3-5,9H2,1-2H3;1-5H;1-4H,(H3,7,8,9,10). The zero-order valence-corrected chi connectivity index (χ0v) is 17.1. The molecule has 2 aromatic carbocycles. The highest BCUT2D eigenvalue weighted by atomic mass is 19.1. The van der Waals surface area contributed by atoms with Crippen molar-refractivity contribution in [1.82, 2.24) is 4.98 Å². The fraction of sp³-hybridized carbons (Fsp3) is 0.250. The average Bonchev–Trinajstić information content (AvgIpc) is 2.71. The Labute approximate surface area is 173 Å². The van der Waals surface area contributed by atoms with Crippen LogP contribution in [0.5, 0.6) is 0 Å². The van der Waals surface area contributed by atoms with E-state index in [0.29, 0.717) is 5.69 Å². The Bertz CT molecular complexity index is 811. The van der Waals surface area contributed by atoms with E-state index in [1.54, 1.807) is 42.7 Å². The summed E-state index contributed by atoms with van der Waals surface area (Å²) in [5.74, 6) is -0.178. The van der Waals surface area contributed by atoms with Crippen LogP contribution >= 0.6 is 0 Å². The predicted octanol–water partition coefficient (Wildman–Crippen LogP) is 6.13. The van der Waals surface area contributed by atoms with Crippen molar-refractivity contribution in [3.63, 3.8) is 0 Å². The van der Waals surface area contributed by atoms with Crippen LogP contribution in [0.2, 0.25) is 0 Å². The third-order valence-electron chi connectivity index (χ3n) is 3.99. The minimum atomic E-state index is -0.564. The first-order chi connectivity index (χ1) is 14.0. The molecule has 0 saturated carbocycles. The Kier molecular flexibility index (Phi) is 12.2. The lowest BCUT2D eigenvalue weighted by Gasteiger charge is -2.03. The molecule has 29 heavy (non-hydrogen) atoms. The predicted molar refractivity (Wildman–Crippen MR) is 118 cm³/mol. The molecular formula is C24H30FN3O. The topological polar surface area (TPSA) is 68.0 Å². The quantitative estimate of drug-likeness (QED) is 0.511. The number of aryl methyl sites for hydroxylation is 2. The van der Waals surface area contributed by atoms with Gasteiger partial charge in [-0.1, -0.05) is 62.2 Å². The maximum Gasteiger partial charge on any atom is 0.316 e. The van der Waals surface area contributed by atoms with Crippen LogP contribution in [0.25, 0.3) is 0 Å². The normalized spacial score (nSPS) is 9.34. The minimum absolute atomic E-state index is 0.178. The van der Waals surface area contributed by atoms with E-state index < -0.39 is 6.03 Å². The number of nitrogens with zero attached hydrogens (tertiary/aromatic N) is 1. The van der Waals surface area contributed by atoms with Crippen LogP contribution in [0.1, 0.15) is 37.3 Å². The van der Waals surface area contributed by atoms with Crippen LogP contribution in [0.3, 0.4) is 0 Å². The first-order valence-corrected chi connectivity index (χ1v) is 9.74. The van der Waals surface area contributed by atoms with Crippen LogP contribution < -0.4 is 11.1 Å². The number of unbranched alkanes of at least 4 members (excludes halogenated alkanes) is 2. The van der Waals surface area contributed by atoms with Crippen molar-refractivity contribution in [2.75, 3.05) is 5.32 Å². The van der Waals surface area contributed by atoms with Gasteiger partial charge < -0.3 is 11.1 Å². The van der Waals surface area contributed by atoms with E-state index in [4.69, 9.17) is 5.73 Å². The molecule has 0 aliphatic carbocycles. The number of carbonyl (C=O) groups is 1. The fourth-order valence-corrected chi connectivity index (χ4v) is 2.45. The maximum absolute atomic E-state index is 11.9. The molecule has 1 heterocycles. The van der Waals surface area contributed by atoms with Crippen molar-refractivity contribution < 1.29 is 9.18 Å². The van der Waals surface area contributed by atoms with Crippen LogP contribution in [0, 0.1) is 12.7 Å². The van der Waals surface area contributed by atoms with Crippen LogP contribution in [0.4, 0.5) is 14.9 Å². The Morgan fingerprint density at radius 2 is 1.59 bits per heavy atom. The van der Waals surface area contributed by atoms with Crippen molar-refractivity contribution in [3.05, 3.63) is 96.1 Å². The lowest BCUT2D eigenvalue weighted by Crippen LogP contribution is -2.19. The summed E-state index contributed by atoms with van der Waals surface area (Å²) < 4.78 is 11.9. The summed E-state index contributed by atoms with van der Waals surface area (Å²) in [6.45, 7) is 4.44. The number of benzene rings is 2. The Hall–Kier alpha value is -3.21. The number of nitrogens with two attached hydrogens (primary N) is 1. The van der Waals surface area contributed by atoms with E-state index in [9.17, 15) is 9.18 Å². The summed E-state index contributed by atoms with van der Waals surface area (Å²) in [7, 11) is 0. The average molecular weight is 396 g/mol. The number of amides is 2. The number of urea groups is 1. The first-order valence-electron chi connectivity index (χ1n) is 9.74. The molecule has 0 bridgehead atoms.